The Balaban J connectivity index is 2.49. The topological polar surface area (TPSA) is 81.4 Å². The van der Waals surface area contributed by atoms with Crippen LogP contribution in [0.2, 0.25) is 0 Å². The zero-order chi connectivity index (χ0) is 15.8. The summed E-state index contributed by atoms with van der Waals surface area (Å²) in [6.07, 6.45) is 0.270. The van der Waals surface area contributed by atoms with Crippen molar-refractivity contribution in [2.75, 3.05) is 6.61 Å². The van der Waals surface area contributed by atoms with E-state index in [0.717, 1.165) is 5.56 Å². The molecule has 3 N–H and O–H groups in total. The minimum absolute atomic E-state index is 0.0834. The summed E-state index contributed by atoms with van der Waals surface area (Å²) in [7, 11) is 0. The summed E-state index contributed by atoms with van der Waals surface area (Å²) in [5, 5.41) is 2.93. The molecule has 0 aliphatic carbocycles. The third-order valence-electron chi connectivity index (χ3n) is 3.30. The van der Waals surface area contributed by atoms with E-state index >= 15 is 0 Å². The molecule has 3 atom stereocenters. The van der Waals surface area contributed by atoms with E-state index in [9.17, 15) is 9.59 Å². The van der Waals surface area contributed by atoms with Gasteiger partial charge in [-0.3, -0.25) is 9.59 Å². The van der Waals surface area contributed by atoms with Crippen LogP contribution in [-0.4, -0.2) is 24.5 Å². The summed E-state index contributed by atoms with van der Waals surface area (Å²) in [5.74, 6) is -0.935. The first-order chi connectivity index (χ1) is 9.95. The lowest BCUT2D eigenvalue weighted by molar-refractivity contribution is -0.145. The molecule has 0 heterocycles. The fraction of sp³-hybridized carbons (Fsp3) is 0.500. The SMILES string of the molecule is CCOC(=O)[C@@H](N)CC(C)C(=O)NC(C)c1ccccc1. The fourth-order valence-corrected chi connectivity index (χ4v) is 2.01. The van der Waals surface area contributed by atoms with Gasteiger partial charge in [-0.15, -0.1) is 0 Å². The van der Waals surface area contributed by atoms with Gasteiger partial charge in [0.2, 0.25) is 5.91 Å². The summed E-state index contributed by atoms with van der Waals surface area (Å²) in [5.41, 5.74) is 6.76. The van der Waals surface area contributed by atoms with Crippen LogP contribution in [0.5, 0.6) is 0 Å². The molecule has 0 saturated heterocycles. The minimum atomic E-state index is -0.766. The van der Waals surface area contributed by atoms with Gasteiger partial charge in [-0.2, -0.15) is 0 Å². The average molecular weight is 292 g/mol. The van der Waals surface area contributed by atoms with Crippen LogP contribution in [-0.2, 0) is 14.3 Å². The molecule has 1 rings (SSSR count). The first-order valence-corrected chi connectivity index (χ1v) is 7.23. The Morgan fingerprint density at radius 2 is 1.86 bits per heavy atom. The second-order valence-corrected chi connectivity index (χ2v) is 5.14. The lowest BCUT2D eigenvalue weighted by atomic mass is 10.0. The van der Waals surface area contributed by atoms with Gasteiger partial charge in [0.25, 0.3) is 0 Å². The van der Waals surface area contributed by atoms with Crippen LogP contribution in [0.3, 0.4) is 0 Å². The number of rotatable bonds is 7. The summed E-state index contributed by atoms with van der Waals surface area (Å²) in [4.78, 5) is 23.6. The highest BCUT2D eigenvalue weighted by Crippen LogP contribution is 2.13. The molecule has 116 valence electrons. The zero-order valence-corrected chi connectivity index (χ0v) is 12.8. The van der Waals surface area contributed by atoms with E-state index in [2.05, 4.69) is 5.32 Å². The number of ether oxygens (including phenoxy) is 1. The minimum Gasteiger partial charge on any atom is -0.465 e. The van der Waals surface area contributed by atoms with Crippen LogP contribution >= 0.6 is 0 Å². The van der Waals surface area contributed by atoms with Crippen molar-refractivity contribution in [1.82, 2.24) is 5.32 Å². The first-order valence-electron chi connectivity index (χ1n) is 7.23. The number of amides is 1. The Morgan fingerprint density at radius 1 is 1.24 bits per heavy atom. The number of hydrogen-bond acceptors (Lipinski definition) is 4. The van der Waals surface area contributed by atoms with Crippen LogP contribution in [0.15, 0.2) is 30.3 Å². The Hall–Kier alpha value is -1.88. The van der Waals surface area contributed by atoms with Crippen LogP contribution in [0.4, 0.5) is 0 Å². The highest BCUT2D eigenvalue weighted by Gasteiger charge is 2.23. The van der Waals surface area contributed by atoms with Gasteiger partial charge in [-0.05, 0) is 25.8 Å². The molecule has 0 aromatic heterocycles. The van der Waals surface area contributed by atoms with Gasteiger partial charge in [0, 0.05) is 5.92 Å². The first kappa shape index (κ1) is 17.2. The van der Waals surface area contributed by atoms with Gasteiger partial charge in [-0.1, -0.05) is 37.3 Å². The van der Waals surface area contributed by atoms with E-state index in [4.69, 9.17) is 10.5 Å². The third-order valence-corrected chi connectivity index (χ3v) is 3.30. The van der Waals surface area contributed by atoms with E-state index < -0.39 is 12.0 Å². The standard InChI is InChI=1S/C16H24N2O3/c1-4-21-16(20)14(17)10-11(2)15(19)18-12(3)13-8-6-5-7-9-13/h5-9,11-12,14H,4,10,17H2,1-3H3,(H,18,19)/t11?,12?,14-/m0/s1. The van der Waals surface area contributed by atoms with Crippen molar-refractivity contribution in [3.63, 3.8) is 0 Å². The molecule has 0 aliphatic heterocycles. The molecule has 0 aliphatic rings. The normalized spacial score (nSPS) is 14.9. The fourth-order valence-electron chi connectivity index (χ4n) is 2.01. The van der Waals surface area contributed by atoms with Crippen molar-refractivity contribution in [3.05, 3.63) is 35.9 Å². The molecule has 1 amide bonds. The average Bonchev–Trinajstić information content (AvgIpc) is 2.48. The van der Waals surface area contributed by atoms with Gasteiger partial charge in [0.1, 0.15) is 6.04 Å². The Kier molecular flexibility index (Phi) is 6.88. The molecule has 0 saturated carbocycles. The molecule has 0 spiro atoms. The molecular formula is C16H24N2O3. The van der Waals surface area contributed by atoms with E-state index in [1.54, 1.807) is 13.8 Å². The molecule has 2 unspecified atom stereocenters. The van der Waals surface area contributed by atoms with Crippen molar-refractivity contribution in [2.24, 2.45) is 11.7 Å². The van der Waals surface area contributed by atoms with E-state index in [0.29, 0.717) is 0 Å². The molecule has 0 radical (unpaired) electrons. The predicted octanol–water partition coefficient (Wildman–Crippen LogP) is 1.78. The Labute approximate surface area is 125 Å². The molecule has 0 fully saturated rings. The lowest BCUT2D eigenvalue weighted by Crippen LogP contribution is -2.39. The van der Waals surface area contributed by atoms with Crippen LogP contribution < -0.4 is 11.1 Å². The molecule has 21 heavy (non-hydrogen) atoms. The number of carbonyl (C=O) groups excluding carboxylic acids is 2. The highest BCUT2D eigenvalue weighted by atomic mass is 16.5. The van der Waals surface area contributed by atoms with Gasteiger partial charge < -0.3 is 15.8 Å². The quantitative estimate of drug-likeness (QED) is 0.751. The van der Waals surface area contributed by atoms with Crippen LogP contribution in [0, 0.1) is 5.92 Å². The molecule has 1 aromatic carbocycles. The number of nitrogens with two attached hydrogens (primary N) is 1. The van der Waals surface area contributed by atoms with Crippen molar-refractivity contribution in [2.45, 2.75) is 39.3 Å². The Bertz CT molecular complexity index is 462. The number of benzene rings is 1. The van der Waals surface area contributed by atoms with Gasteiger partial charge in [0.15, 0.2) is 0 Å². The number of hydrogen-bond donors (Lipinski definition) is 2. The molecular weight excluding hydrogens is 268 g/mol. The summed E-state index contributed by atoms with van der Waals surface area (Å²) in [6.45, 7) is 5.69. The number of carbonyl (C=O) groups is 2. The van der Waals surface area contributed by atoms with Crippen LogP contribution in [0.1, 0.15) is 38.8 Å². The van der Waals surface area contributed by atoms with E-state index in [1.807, 2.05) is 37.3 Å². The summed E-state index contributed by atoms with van der Waals surface area (Å²) < 4.78 is 4.84. The largest absolute Gasteiger partial charge is 0.465 e. The van der Waals surface area contributed by atoms with Crippen molar-refractivity contribution < 1.29 is 14.3 Å². The van der Waals surface area contributed by atoms with Crippen molar-refractivity contribution in [3.8, 4) is 0 Å². The molecule has 0 bridgehead atoms. The maximum atomic E-state index is 12.1. The van der Waals surface area contributed by atoms with Gasteiger partial charge >= 0.3 is 5.97 Å². The molecule has 5 heteroatoms. The highest BCUT2D eigenvalue weighted by molar-refractivity contribution is 5.81. The smallest absolute Gasteiger partial charge is 0.322 e. The van der Waals surface area contributed by atoms with Gasteiger partial charge in [-0.25, -0.2) is 0 Å². The predicted molar refractivity (Wildman–Crippen MR) is 81.4 cm³/mol. The second-order valence-electron chi connectivity index (χ2n) is 5.14. The van der Waals surface area contributed by atoms with Crippen molar-refractivity contribution in [1.29, 1.82) is 0 Å². The maximum absolute atomic E-state index is 12.1. The van der Waals surface area contributed by atoms with Gasteiger partial charge in [0.05, 0.1) is 12.6 Å². The lowest BCUT2D eigenvalue weighted by Gasteiger charge is -2.19. The summed E-state index contributed by atoms with van der Waals surface area (Å²) in [6, 6.07) is 8.85. The second kappa shape index (κ2) is 8.42. The molecule has 5 nitrogen and oxygen atoms in total. The Morgan fingerprint density at radius 3 is 2.43 bits per heavy atom. The monoisotopic (exact) mass is 292 g/mol. The zero-order valence-electron chi connectivity index (χ0n) is 12.8. The van der Waals surface area contributed by atoms with E-state index in [1.165, 1.54) is 0 Å². The van der Waals surface area contributed by atoms with Crippen LogP contribution in [0.25, 0.3) is 0 Å². The molecule has 1 aromatic rings. The number of nitrogens with one attached hydrogen (secondary N) is 1. The number of esters is 1. The maximum Gasteiger partial charge on any atom is 0.322 e. The van der Waals surface area contributed by atoms with Crippen molar-refractivity contribution >= 4 is 11.9 Å². The third kappa shape index (κ3) is 5.55. The van der Waals surface area contributed by atoms with E-state index in [-0.39, 0.29) is 30.9 Å². The summed E-state index contributed by atoms with van der Waals surface area (Å²) >= 11 is 0.